The zero-order valence-corrected chi connectivity index (χ0v) is 9.68. The Kier molecular flexibility index (Phi) is 4.35. The number of phenolic OH excluding ortho intramolecular Hbond substituents is 1. The van der Waals surface area contributed by atoms with Gasteiger partial charge in [-0.2, -0.15) is 0 Å². The number of carboxylic acids is 1. The summed E-state index contributed by atoms with van der Waals surface area (Å²) in [7, 11) is 0. The van der Waals surface area contributed by atoms with Crippen LogP contribution in [0.5, 0.6) is 5.75 Å². The molecule has 0 aliphatic heterocycles. The molecule has 0 saturated heterocycles. The number of hydrogen-bond acceptors (Lipinski definition) is 2. The highest BCUT2D eigenvalue weighted by Crippen LogP contribution is 2.31. The molecule has 1 aromatic rings. The average Bonchev–Trinajstić information content (AvgIpc) is 2.24. The molecule has 1 rings (SSSR count). The van der Waals surface area contributed by atoms with Gasteiger partial charge in [-0.05, 0) is 29.5 Å². The standard InChI is InChI=1S/C13H18O3/c1-3-9(2)12(8-13(15)16)10-5-4-6-11(14)7-10/h4-7,9,12,14H,3,8H2,1-2H3,(H,15,16)/t9?,12-/m1/s1. The fourth-order valence-corrected chi connectivity index (χ4v) is 1.88. The van der Waals surface area contributed by atoms with Gasteiger partial charge in [0.05, 0.1) is 6.42 Å². The molecule has 1 aromatic carbocycles. The van der Waals surface area contributed by atoms with Gasteiger partial charge in [-0.25, -0.2) is 0 Å². The largest absolute Gasteiger partial charge is 0.508 e. The molecule has 16 heavy (non-hydrogen) atoms. The van der Waals surface area contributed by atoms with Gasteiger partial charge in [0.25, 0.3) is 0 Å². The summed E-state index contributed by atoms with van der Waals surface area (Å²) in [6, 6.07) is 6.87. The van der Waals surface area contributed by atoms with E-state index in [1.807, 2.05) is 19.9 Å². The first-order valence-electron chi connectivity index (χ1n) is 5.55. The van der Waals surface area contributed by atoms with E-state index in [4.69, 9.17) is 5.11 Å². The first-order chi connectivity index (χ1) is 7.54. The monoisotopic (exact) mass is 222 g/mol. The third kappa shape index (κ3) is 3.26. The van der Waals surface area contributed by atoms with Crippen molar-refractivity contribution in [2.45, 2.75) is 32.6 Å². The summed E-state index contributed by atoms with van der Waals surface area (Å²) in [6.07, 6.45) is 1.03. The van der Waals surface area contributed by atoms with Crippen LogP contribution in [0.15, 0.2) is 24.3 Å². The number of aliphatic carboxylic acids is 1. The fraction of sp³-hybridized carbons (Fsp3) is 0.462. The summed E-state index contributed by atoms with van der Waals surface area (Å²) in [4.78, 5) is 10.8. The Bertz CT molecular complexity index is 360. The van der Waals surface area contributed by atoms with Gasteiger partial charge in [0.15, 0.2) is 0 Å². The number of carboxylic acid groups (broad SMARTS) is 1. The SMILES string of the molecule is CCC(C)[C@@H](CC(=O)O)c1cccc(O)c1. The van der Waals surface area contributed by atoms with E-state index in [2.05, 4.69) is 0 Å². The van der Waals surface area contributed by atoms with Crippen molar-refractivity contribution in [2.75, 3.05) is 0 Å². The average molecular weight is 222 g/mol. The molecule has 2 N–H and O–H groups in total. The maximum absolute atomic E-state index is 10.8. The molecular weight excluding hydrogens is 204 g/mol. The van der Waals surface area contributed by atoms with Crippen LogP contribution in [0, 0.1) is 5.92 Å². The Morgan fingerprint density at radius 1 is 1.44 bits per heavy atom. The van der Waals surface area contributed by atoms with Crippen LogP contribution in [-0.4, -0.2) is 16.2 Å². The third-order valence-corrected chi connectivity index (χ3v) is 3.02. The van der Waals surface area contributed by atoms with E-state index >= 15 is 0 Å². The van der Waals surface area contributed by atoms with Crippen LogP contribution in [0.2, 0.25) is 0 Å². The summed E-state index contributed by atoms with van der Waals surface area (Å²) in [5.74, 6) is -0.350. The van der Waals surface area contributed by atoms with Crippen LogP contribution in [0.3, 0.4) is 0 Å². The van der Waals surface area contributed by atoms with Crippen LogP contribution in [-0.2, 0) is 4.79 Å². The van der Waals surface area contributed by atoms with Crippen molar-refractivity contribution in [1.82, 2.24) is 0 Å². The molecule has 0 fully saturated rings. The second-order valence-corrected chi connectivity index (χ2v) is 4.18. The van der Waals surface area contributed by atoms with Crippen LogP contribution < -0.4 is 0 Å². The van der Waals surface area contributed by atoms with E-state index in [0.29, 0.717) is 0 Å². The van der Waals surface area contributed by atoms with Crippen molar-refractivity contribution >= 4 is 5.97 Å². The lowest BCUT2D eigenvalue weighted by atomic mass is 9.83. The summed E-state index contributed by atoms with van der Waals surface area (Å²) < 4.78 is 0. The lowest BCUT2D eigenvalue weighted by molar-refractivity contribution is -0.137. The van der Waals surface area contributed by atoms with Crippen molar-refractivity contribution in [3.63, 3.8) is 0 Å². The second-order valence-electron chi connectivity index (χ2n) is 4.18. The lowest BCUT2D eigenvalue weighted by Gasteiger charge is -2.21. The molecule has 0 aliphatic rings. The molecule has 0 radical (unpaired) electrons. The molecule has 2 atom stereocenters. The van der Waals surface area contributed by atoms with Crippen LogP contribution in [0.1, 0.15) is 38.2 Å². The molecule has 0 heterocycles. The van der Waals surface area contributed by atoms with Crippen molar-refractivity contribution in [2.24, 2.45) is 5.92 Å². The third-order valence-electron chi connectivity index (χ3n) is 3.02. The molecule has 1 unspecified atom stereocenters. The highest BCUT2D eigenvalue weighted by Gasteiger charge is 2.21. The zero-order valence-electron chi connectivity index (χ0n) is 9.68. The Morgan fingerprint density at radius 3 is 2.62 bits per heavy atom. The van der Waals surface area contributed by atoms with Gasteiger partial charge in [-0.1, -0.05) is 32.4 Å². The van der Waals surface area contributed by atoms with Gasteiger partial charge in [0, 0.05) is 0 Å². The molecule has 0 bridgehead atoms. The number of aromatic hydroxyl groups is 1. The van der Waals surface area contributed by atoms with Crippen LogP contribution in [0.4, 0.5) is 0 Å². The molecule has 0 spiro atoms. The summed E-state index contributed by atoms with van der Waals surface area (Å²) >= 11 is 0. The first kappa shape index (κ1) is 12.6. The minimum absolute atomic E-state index is 0.0328. The summed E-state index contributed by atoms with van der Waals surface area (Å²) in [5.41, 5.74) is 0.900. The van der Waals surface area contributed by atoms with Crippen molar-refractivity contribution < 1.29 is 15.0 Å². The minimum Gasteiger partial charge on any atom is -0.508 e. The molecular formula is C13H18O3. The van der Waals surface area contributed by atoms with E-state index in [1.54, 1.807) is 18.2 Å². The Labute approximate surface area is 95.7 Å². The topological polar surface area (TPSA) is 57.5 Å². The quantitative estimate of drug-likeness (QED) is 0.805. The number of rotatable bonds is 5. The summed E-state index contributed by atoms with van der Waals surface area (Å²) in [6.45, 7) is 4.08. The van der Waals surface area contributed by atoms with Crippen molar-refractivity contribution in [3.8, 4) is 5.75 Å². The Balaban J connectivity index is 2.95. The van der Waals surface area contributed by atoms with Crippen LogP contribution >= 0.6 is 0 Å². The van der Waals surface area contributed by atoms with Gasteiger partial charge in [-0.3, -0.25) is 4.79 Å². The number of phenols is 1. The molecule has 88 valence electrons. The maximum Gasteiger partial charge on any atom is 0.303 e. The Hall–Kier alpha value is -1.51. The minimum atomic E-state index is -0.798. The molecule has 3 heteroatoms. The number of hydrogen-bond donors (Lipinski definition) is 2. The van der Waals surface area contributed by atoms with Gasteiger partial charge in [-0.15, -0.1) is 0 Å². The van der Waals surface area contributed by atoms with E-state index in [1.165, 1.54) is 0 Å². The van der Waals surface area contributed by atoms with Crippen molar-refractivity contribution in [1.29, 1.82) is 0 Å². The van der Waals surface area contributed by atoms with E-state index in [9.17, 15) is 9.90 Å². The predicted molar refractivity (Wildman–Crippen MR) is 62.6 cm³/mol. The lowest BCUT2D eigenvalue weighted by Crippen LogP contribution is -2.13. The molecule has 3 nitrogen and oxygen atoms in total. The second kappa shape index (κ2) is 5.54. The molecule has 0 saturated carbocycles. The normalized spacial score (nSPS) is 14.4. The highest BCUT2D eigenvalue weighted by atomic mass is 16.4. The van der Waals surface area contributed by atoms with Gasteiger partial charge < -0.3 is 10.2 Å². The van der Waals surface area contributed by atoms with Gasteiger partial charge in [0.2, 0.25) is 0 Å². The number of carbonyl (C=O) groups is 1. The first-order valence-corrected chi connectivity index (χ1v) is 5.55. The van der Waals surface area contributed by atoms with Gasteiger partial charge >= 0.3 is 5.97 Å². The molecule has 0 aromatic heterocycles. The predicted octanol–water partition coefficient (Wildman–Crippen LogP) is 3.00. The molecule has 0 amide bonds. The zero-order chi connectivity index (χ0) is 12.1. The van der Waals surface area contributed by atoms with Gasteiger partial charge in [0.1, 0.15) is 5.75 Å². The van der Waals surface area contributed by atoms with E-state index in [0.717, 1.165) is 12.0 Å². The highest BCUT2D eigenvalue weighted by molar-refractivity contribution is 5.68. The smallest absolute Gasteiger partial charge is 0.303 e. The van der Waals surface area contributed by atoms with E-state index < -0.39 is 5.97 Å². The summed E-state index contributed by atoms with van der Waals surface area (Å²) in [5, 5.41) is 18.3. The van der Waals surface area contributed by atoms with Crippen molar-refractivity contribution in [3.05, 3.63) is 29.8 Å². The van der Waals surface area contributed by atoms with E-state index in [-0.39, 0.29) is 24.0 Å². The fourth-order valence-electron chi connectivity index (χ4n) is 1.88. The maximum atomic E-state index is 10.8. The molecule has 0 aliphatic carbocycles. The van der Waals surface area contributed by atoms with Crippen LogP contribution in [0.25, 0.3) is 0 Å². The Morgan fingerprint density at radius 2 is 2.12 bits per heavy atom. The number of benzene rings is 1.